The number of carbonyl (C=O) groups excluding carboxylic acids is 8. The zero-order chi connectivity index (χ0) is 50.2. The molecule has 6 rings (SSSR count). The standard InChI is InChI=1S/C32H38N4O6.C13H13NO4.C6H16N2/c1-19(2)25(35-29(39)21-13-7-8-14-22(21)30(35)40)27(37)33-17-11-5-6-12-18-34-28(38)26(20(3)4)36-31(41)23-15-9-10-16-24(23)32(36)42;1-7(2)10(13(17)18)14-11(15)8-5-3-4-6-9(8)12(14)16;7-5-3-1-2-4-6-8/h7-10,13-16,19-20,25-26H,5-6,11-12,17-18H2,1-4H3,(H,33,37)(H,34,38);3-7,10H,1-2H3,(H,17,18);1-8H2. The van der Waals surface area contributed by atoms with Gasteiger partial charge in [-0.15, -0.1) is 0 Å². The predicted octanol–water partition coefficient (Wildman–Crippen LogP) is 5.28. The van der Waals surface area contributed by atoms with Crippen LogP contribution in [0, 0.1) is 17.8 Å². The van der Waals surface area contributed by atoms with E-state index in [0.717, 1.165) is 53.5 Å². The number of nitrogens with two attached hydrogens (primary N) is 2. The number of unbranched alkanes of at least 4 members (excludes halogenated alkanes) is 6. The number of nitrogens with zero attached hydrogens (tertiary/aromatic N) is 3. The first-order valence-corrected chi connectivity index (χ1v) is 23.5. The van der Waals surface area contributed by atoms with Gasteiger partial charge in [0, 0.05) is 13.1 Å². The molecule has 0 bridgehead atoms. The van der Waals surface area contributed by atoms with E-state index in [4.69, 9.17) is 11.5 Å². The highest BCUT2D eigenvalue weighted by Crippen LogP contribution is 2.30. The van der Waals surface area contributed by atoms with E-state index in [1.165, 1.54) is 25.0 Å². The molecule has 3 aliphatic rings. The topological polar surface area (TPSA) is 260 Å². The molecule has 0 aromatic heterocycles. The van der Waals surface area contributed by atoms with Crippen LogP contribution in [-0.2, 0) is 14.4 Å². The van der Waals surface area contributed by atoms with Crippen molar-refractivity contribution in [3.05, 3.63) is 106 Å². The maximum atomic E-state index is 13.0. The number of fused-ring (bicyclic) bond motifs is 3. The summed E-state index contributed by atoms with van der Waals surface area (Å²) in [7, 11) is 0. The molecule has 0 radical (unpaired) electrons. The van der Waals surface area contributed by atoms with Crippen LogP contribution in [0.15, 0.2) is 72.8 Å². The Hall–Kier alpha value is -6.59. The molecule has 17 heteroatoms. The van der Waals surface area contributed by atoms with E-state index in [0.29, 0.717) is 48.2 Å². The maximum absolute atomic E-state index is 13.0. The fourth-order valence-corrected chi connectivity index (χ4v) is 8.39. The van der Waals surface area contributed by atoms with E-state index in [9.17, 15) is 48.3 Å². The third-order valence-corrected chi connectivity index (χ3v) is 11.9. The van der Waals surface area contributed by atoms with Gasteiger partial charge in [-0.1, -0.05) is 104 Å². The Morgan fingerprint density at radius 3 is 0.882 bits per heavy atom. The molecule has 3 aromatic carbocycles. The maximum Gasteiger partial charge on any atom is 0.327 e. The van der Waals surface area contributed by atoms with Gasteiger partial charge in [-0.05, 0) is 92.9 Å². The number of nitrogens with one attached hydrogen (secondary N) is 2. The summed E-state index contributed by atoms with van der Waals surface area (Å²) >= 11 is 0. The molecule has 0 fully saturated rings. The van der Waals surface area contributed by atoms with Gasteiger partial charge >= 0.3 is 5.97 Å². The quantitative estimate of drug-likeness (QED) is 0.0676. The number of hydrogen-bond acceptors (Lipinski definition) is 11. The van der Waals surface area contributed by atoms with Gasteiger partial charge in [0.2, 0.25) is 11.8 Å². The fourth-order valence-electron chi connectivity index (χ4n) is 8.39. The summed E-state index contributed by atoms with van der Waals surface area (Å²) in [4.78, 5) is 116. The van der Waals surface area contributed by atoms with E-state index in [-0.39, 0.29) is 40.7 Å². The Morgan fingerprint density at radius 2 is 0.662 bits per heavy atom. The number of imide groups is 3. The Morgan fingerprint density at radius 1 is 0.426 bits per heavy atom. The molecule has 17 nitrogen and oxygen atoms in total. The minimum atomic E-state index is -1.17. The summed E-state index contributed by atoms with van der Waals surface area (Å²) < 4.78 is 0. The molecule has 0 saturated carbocycles. The average molecular weight is 938 g/mol. The van der Waals surface area contributed by atoms with E-state index in [1.54, 1.807) is 102 Å². The van der Waals surface area contributed by atoms with Gasteiger partial charge in [0.25, 0.3) is 35.4 Å². The van der Waals surface area contributed by atoms with E-state index in [1.807, 2.05) is 0 Å². The Kier molecular flexibility index (Phi) is 20.3. The van der Waals surface area contributed by atoms with Crippen molar-refractivity contribution in [3.63, 3.8) is 0 Å². The summed E-state index contributed by atoms with van der Waals surface area (Å²) in [5, 5.41) is 14.9. The lowest BCUT2D eigenvalue weighted by Crippen LogP contribution is -2.52. The minimum Gasteiger partial charge on any atom is -0.480 e. The number of carbonyl (C=O) groups is 9. The van der Waals surface area contributed by atoms with Crippen LogP contribution in [0.25, 0.3) is 0 Å². The van der Waals surface area contributed by atoms with Gasteiger partial charge in [-0.2, -0.15) is 0 Å². The Labute approximate surface area is 398 Å². The second-order valence-electron chi connectivity index (χ2n) is 18.0. The van der Waals surface area contributed by atoms with Crippen molar-refractivity contribution < 1.29 is 48.3 Å². The number of carboxylic acids is 1. The van der Waals surface area contributed by atoms with Crippen LogP contribution in [0.3, 0.4) is 0 Å². The number of aliphatic carboxylic acids is 1. The number of hydrogen-bond donors (Lipinski definition) is 5. The summed E-state index contributed by atoms with van der Waals surface area (Å²) in [5.74, 6) is -5.61. The largest absolute Gasteiger partial charge is 0.480 e. The van der Waals surface area contributed by atoms with E-state index in [2.05, 4.69) is 10.6 Å². The van der Waals surface area contributed by atoms with Crippen molar-refractivity contribution in [1.82, 2.24) is 25.3 Å². The van der Waals surface area contributed by atoms with Gasteiger partial charge in [-0.3, -0.25) is 53.1 Å². The number of benzene rings is 3. The first-order valence-electron chi connectivity index (χ1n) is 23.5. The van der Waals surface area contributed by atoms with Crippen molar-refractivity contribution in [1.29, 1.82) is 0 Å². The Bertz CT molecular complexity index is 2110. The molecule has 3 aliphatic heterocycles. The Balaban J connectivity index is 0.000000316. The normalized spacial score (nSPS) is 15.1. The molecule has 8 amide bonds. The molecule has 3 aromatic rings. The fraction of sp³-hybridized carbons (Fsp3) is 0.471. The highest BCUT2D eigenvalue weighted by Gasteiger charge is 2.46. The molecule has 0 saturated heterocycles. The molecule has 366 valence electrons. The zero-order valence-electron chi connectivity index (χ0n) is 40.0. The molecule has 0 spiro atoms. The van der Waals surface area contributed by atoms with Crippen LogP contribution in [0.1, 0.15) is 155 Å². The zero-order valence-corrected chi connectivity index (χ0v) is 40.0. The van der Waals surface area contributed by atoms with Crippen molar-refractivity contribution in [2.45, 2.75) is 111 Å². The third-order valence-electron chi connectivity index (χ3n) is 11.9. The van der Waals surface area contributed by atoms with E-state index >= 15 is 0 Å². The second kappa shape index (κ2) is 25.5. The highest BCUT2D eigenvalue weighted by atomic mass is 16.4. The van der Waals surface area contributed by atoms with Crippen molar-refractivity contribution in [2.75, 3.05) is 26.2 Å². The van der Waals surface area contributed by atoms with Crippen LogP contribution < -0.4 is 22.1 Å². The summed E-state index contributed by atoms with van der Waals surface area (Å²) in [6.07, 6.45) is 7.76. The summed E-state index contributed by atoms with van der Waals surface area (Å²) in [5.41, 5.74) is 12.4. The minimum absolute atomic E-state index is 0.259. The molecule has 3 unspecified atom stereocenters. The van der Waals surface area contributed by atoms with Gasteiger partial charge in [0.15, 0.2) is 0 Å². The van der Waals surface area contributed by atoms with Gasteiger partial charge in [0.1, 0.15) is 18.1 Å². The van der Waals surface area contributed by atoms with Gasteiger partial charge in [0.05, 0.1) is 33.4 Å². The van der Waals surface area contributed by atoms with Gasteiger partial charge < -0.3 is 27.2 Å². The molecule has 3 atom stereocenters. The molecule has 68 heavy (non-hydrogen) atoms. The third kappa shape index (κ3) is 12.7. The predicted molar refractivity (Wildman–Crippen MR) is 255 cm³/mol. The molecular weight excluding hydrogens is 871 g/mol. The van der Waals surface area contributed by atoms with Crippen molar-refractivity contribution >= 4 is 53.2 Å². The lowest BCUT2D eigenvalue weighted by Gasteiger charge is -2.28. The lowest BCUT2D eigenvalue weighted by molar-refractivity contribution is -0.143. The first kappa shape index (κ1) is 54.0. The van der Waals surface area contributed by atoms with Crippen LogP contribution in [0.4, 0.5) is 0 Å². The van der Waals surface area contributed by atoms with Crippen LogP contribution in [0.2, 0.25) is 0 Å². The van der Waals surface area contributed by atoms with Crippen molar-refractivity contribution in [2.24, 2.45) is 29.2 Å². The SMILES string of the molecule is CC(C)C(C(=O)NCCCCCCNC(=O)C(C(C)C)N1C(=O)c2ccccc2C1=O)N1C(=O)c2ccccc2C1=O.CC(C)C(C(=O)O)N1C(=O)c2ccccc2C1=O.NCCCCCCN. The number of amides is 8. The van der Waals surface area contributed by atoms with Gasteiger partial charge in [-0.25, -0.2) is 4.79 Å². The van der Waals surface area contributed by atoms with Crippen molar-refractivity contribution in [3.8, 4) is 0 Å². The lowest BCUT2D eigenvalue weighted by atomic mass is 10.0. The van der Waals surface area contributed by atoms with Crippen LogP contribution in [-0.4, -0.2) is 117 Å². The molecule has 7 N–H and O–H groups in total. The highest BCUT2D eigenvalue weighted by molar-refractivity contribution is 6.24. The molecule has 3 heterocycles. The monoisotopic (exact) mass is 937 g/mol. The van der Waals surface area contributed by atoms with Crippen LogP contribution >= 0.6 is 0 Å². The van der Waals surface area contributed by atoms with Crippen LogP contribution in [0.5, 0.6) is 0 Å². The second-order valence-corrected chi connectivity index (χ2v) is 18.0. The molecule has 0 aliphatic carbocycles. The summed E-state index contributed by atoms with van der Waals surface area (Å²) in [6, 6.07) is 16.6. The molecular formula is C51H67N7O10. The average Bonchev–Trinajstić information content (AvgIpc) is 3.81. The smallest absolute Gasteiger partial charge is 0.327 e. The number of carboxylic acid groups (broad SMARTS) is 1. The number of rotatable bonds is 21. The van der Waals surface area contributed by atoms with E-state index < -0.39 is 59.5 Å². The first-order chi connectivity index (χ1) is 32.4. The summed E-state index contributed by atoms with van der Waals surface area (Å²) in [6.45, 7) is 13.0.